The van der Waals surface area contributed by atoms with Crippen LogP contribution >= 0.6 is 0 Å². The van der Waals surface area contributed by atoms with Gasteiger partial charge in [0.25, 0.3) is 15.9 Å². The van der Waals surface area contributed by atoms with Gasteiger partial charge in [0.05, 0.1) is 15.9 Å². The third-order valence-corrected chi connectivity index (χ3v) is 5.11. The van der Waals surface area contributed by atoms with Crippen LogP contribution in [0.25, 0.3) is 11.0 Å². The van der Waals surface area contributed by atoms with E-state index in [-0.39, 0.29) is 21.7 Å². The maximum Gasteiger partial charge on any atom is 0.323 e. The standard InChI is InChI=1S/C15H10N4O5S/c20-13-9-3-1-7(5-10(9)14(21)18-13)19-25(23,24)8-2-4-11-12(6-8)17-15(22)16-11/h1-6,19H,(H2,16,17,22)(H,18,20,21)/p-1. The van der Waals surface area contributed by atoms with Crippen molar-refractivity contribution in [2.24, 2.45) is 4.99 Å². The van der Waals surface area contributed by atoms with Crippen LogP contribution in [0.5, 0.6) is 0 Å². The normalized spacial score (nSPS) is 13.8. The molecule has 0 unspecified atom stereocenters. The van der Waals surface area contributed by atoms with Crippen molar-refractivity contribution in [3.63, 3.8) is 0 Å². The summed E-state index contributed by atoms with van der Waals surface area (Å²) in [4.78, 5) is 31.0. The number of aromatic amines is 2. The molecule has 0 radical (unpaired) electrons. The third kappa shape index (κ3) is 2.48. The molecule has 1 aromatic heterocycles. The number of nitrogens with zero attached hydrogens (tertiary/aromatic N) is 1. The van der Waals surface area contributed by atoms with E-state index in [0.29, 0.717) is 11.0 Å². The van der Waals surface area contributed by atoms with Gasteiger partial charge < -0.3 is 15.1 Å². The summed E-state index contributed by atoms with van der Waals surface area (Å²) >= 11 is 0. The highest BCUT2D eigenvalue weighted by Gasteiger charge is 2.20. The zero-order chi connectivity index (χ0) is 17.8. The van der Waals surface area contributed by atoms with Crippen molar-refractivity contribution in [1.29, 1.82) is 0 Å². The molecule has 0 bridgehead atoms. The van der Waals surface area contributed by atoms with Crippen LogP contribution in [0.2, 0.25) is 0 Å². The summed E-state index contributed by atoms with van der Waals surface area (Å²) in [6.45, 7) is 0. The van der Waals surface area contributed by atoms with Gasteiger partial charge in [-0.2, -0.15) is 0 Å². The SMILES string of the molecule is O=C1N=C([O-])c2cc(NS(=O)(=O)c3ccc4[nH]c(=O)[nH]c4c3)ccc21. The Morgan fingerprint density at radius 3 is 2.52 bits per heavy atom. The smallest absolute Gasteiger partial charge is 0.323 e. The molecule has 1 aliphatic rings. The molecular formula is C15H9N4O5S-. The molecule has 2 heterocycles. The van der Waals surface area contributed by atoms with Gasteiger partial charge in [-0.3, -0.25) is 9.52 Å². The lowest BCUT2D eigenvalue weighted by Gasteiger charge is -2.11. The number of nitrogens with one attached hydrogen (secondary N) is 3. The molecule has 1 aliphatic heterocycles. The molecule has 1 amide bonds. The predicted molar refractivity (Wildman–Crippen MR) is 87.0 cm³/mol. The van der Waals surface area contributed by atoms with E-state index in [4.69, 9.17) is 0 Å². The third-order valence-electron chi connectivity index (χ3n) is 3.73. The molecule has 4 rings (SSSR count). The number of benzene rings is 2. The Hall–Kier alpha value is -3.40. The van der Waals surface area contributed by atoms with Gasteiger partial charge in [-0.25, -0.2) is 18.2 Å². The minimum atomic E-state index is -3.96. The molecule has 0 fully saturated rings. The van der Waals surface area contributed by atoms with Crippen molar-refractivity contribution in [1.82, 2.24) is 9.97 Å². The number of amides is 1. The second-order valence-corrected chi connectivity index (χ2v) is 7.06. The van der Waals surface area contributed by atoms with Crippen molar-refractivity contribution in [3.8, 4) is 0 Å². The number of aliphatic imine (C=N–C) groups is 1. The molecule has 0 saturated heterocycles. The zero-order valence-electron chi connectivity index (χ0n) is 12.4. The van der Waals surface area contributed by atoms with E-state index in [9.17, 15) is 23.1 Å². The fourth-order valence-electron chi connectivity index (χ4n) is 2.58. The summed E-state index contributed by atoms with van der Waals surface area (Å²) in [6.07, 6.45) is 0. The Morgan fingerprint density at radius 2 is 1.72 bits per heavy atom. The van der Waals surface area contributed by atoms with Crippen molar-refractivity contribution >= 4 is 38.5 Å². The summed E-state index contributed by atoms with van der Waals surface area (Å²) in [7, 11) is -3.96. The molecule has 3 aromatic rings. The van der Waals surface area contributed by atoms with Crippen LogP contribution in [0.1, 0.15) is 15.9 Å². The van der Waals surface area contributed by atoms with Gasteiger partial charge in [0.15, 0.2) is 0 Å². The molecule has 25 heavy (non-hydrogen) atoms. The molecule has 0 atom stereocenters. The first-order valence-electron chi connectivity index (χ1n) is 7.03. The van der Waals surface area contributed by atoms with Crippen LogP contribution < -0.4 is 15.5 Å². The lowest BCUT2D eigenvalue weighted by Crippen LogP contribution is -2.17. The number of imidazole rings is 1. The van der Waals surface area contributed by atoms with Gasteiger partial charge in [0.2, 0.25) is 0 Å². The summed E-state index contributed by atoms with van der Waals surface area (Å²) in [5.74, 6) is -1.34. The van der Waals surface area contributed by atoms with Crippen LogP contribution in [-0.2, 0) is 10.0 Å². The van der Waals surface area contributed by atoms with Crippen molar-refractivity contribution in [3.05, 3.63) is 58.0 Å². The van der Waals surface area contributed by atoms with Gasteiger partial charge in [-0.05, 0) is 42.3 Å². The minimum Gasteiger partial charge on any atom is -0.858 e. The summed E-state index contributed by atoms with van der Waals surface area (Å²) in [5.41, 5.74) is 0.700. The van der Waals surface area contributed by atoms with Gasteiger partial charge in [-0.15, -0.1) is 0 Å². The van der Waals surface area contributed by atoms with Crippen molar-refractivity contribution in [2.45, 2.75) is 4.90 Å². The van der Waals surface area contributed by atoms with E-state index in [2.05, 4.69) is 19.7 Å². The molecule has 9 nitrogen and oxygen atoms in total. The van der Waals surface area contributed by atoms with Crippen molar-refractivity contribution in [2.75, 3.05) is 4.72 Å². The number of sulfonamides is 1. The Bertz CT molecular complexity index is 1240. The zero-order valence-corrected chi connectivity index (χ0v) is 13.2. The van der Waals surface area contributed by atoms with Gasteiger partial charge in [-0.1, -0.05) is 0 Å². The molecule has 0 aliphatic carbocycles. The maximum absolute atomic E-state index is 12.5. The summed E-state index contributed by atoms with van der Waals surface area (Å²) < 4.78 is 27.4. The van der Waals surface area contributed by atoms with Crippen LogP contribution in [0, 0.1) is 0 Å². The van der Waals surface area contributed by atoms with Crippen LogP contribution in [0.4, 0.5) is 5.69 Å². The molecule has 10 heteroatoms. The first kappa shape index (κ1) is 15.1. The van der Waals surface area contributed by atoms with Crippen LogP contribution in [-0.4, -0.2) is 30.2 Å². The van der Waals surface area contributed by atoms with E-state index >= 15 is 0 Å². The second kappa shape index (κ2) is 5.05. The number of anilines is 1. The number of carbonyl (C=O) groups excluding carboxylic acids is 1. The fourth-order valence-corrected chi connectivity index (χ4v) is 3.65. The highest BCUT2D eigenvalue weighted by molar-refractivity contribution is 7.92. The first-order chi connectivity index (χ1) is 11.8. The topological polar surface area (TPSA) is 147 Å². The molecule has 126 valence electrons. The van der Waals surface area contributed by atoms with E-state index < -0.39 is 27.5 Å². The molecule has 0 saturated carbocycles. The number of carbonyl (C=O) groups is 1. The molecule has 0 spiro atoms. The second-order valence-electron chi connectivity index (χ2n) is 5.37. The number of hydrogen-bond donors (Lipinski definition) is 3. The highest BCUT2D eigenvalue weighted by atomic mass is 32.2. The monoisotopic (exact) mass is 357 g/mol. The van der Waals surface area contributed by atoms with Gasteiger partial charge in [0, 0.05) is 16.8 Å². The lowest BCUT2D eigenvalue weighted by molar-refractivity contribution is -0.212. The Morgan fingerprint density at radius 1 is 0.960 bits per heavy atom. The van der Waals surface area contributed by atoms with E-state index in [1.807, 2.05) is 0 Å². The highest BCUT2D eigenvalue weighted by Crippen LogP contribution is 2.24. The van der Waals surface area contributed by atoms with Gasteiger partial charge >= 0.3 is 5.69 Å². The number of fused-ring (bicyclic) bond motifs is 2. The summed E-state index contributed by atoms with van der Waals surface area (Å²) in [5, 5.41) is 11.6. The van der Waals surface area contributed by atoms with E-state index in [1.54, 1.807) is 0 Å². The van der Waals surface area contributed by atoms with Crippen molar-refractivity contribution < 1.29 is 18.3 Å². The quantitative estimate of drug-likeness (QED) is 0.599. The molecular weight excluding hydrogens is 348 g/mol. The average Bonchev–Trinajstić information content (AvgIpc) is 3.05. The van der Waals surface area contributed by atoms with E-state index in [0.717, 1.165) is 0 Å². The lowest BCUT2D eigenvalue weighted by atomic mass is 10.1. The predicted octanol–water partition coefficient (Wildman–Crippen LogP) is -0.0823. The summed E-state index contributed by atoms with van der Waals surface area (Å²) in [6, 6.07) is 8.10. The average molecular weight is 357 g/mol. The first-order valence-corrected chi connectivity index (χ1v) is 8.51. The minimum absolute atomic E-state index is 0.0515. The van der Waals surface area contributed by atoms with E-state index in [1.165, 1.54) is 36.4 Å². The van der Waals surface area contributed by atoms with Crippen LogP contribution in [0.15, 0.2) is 51.1 Å². The Kier molecular flexibility index (Phi) is 3.06. The number of rotatable bonds is 3. The Balaban J connectivity index is 1.71. The maximum atomic E-state index is 12.5. The molecule has 3 N–H and O–H groups in total. The van der Waals surface area contributed by atoms with Gasteiger partial charge in [0.1, 0.15) is 0 Å². The number of H-pyrrole nitrogens is 2. The fraction of sp³-hybridized carbons (Fsp3) is 0. The van der Waals surface area contributed by atoms with Crippen LogP contribution in [0.3, 0.4) is 0 Å². The number of hydrogen-bond acceptors (Lipinski definition) is 5. The number of aromatic nitrogens is 2. The largest absolute Gasteiger partial charge is 0.858 e. The molecule has 2 aromatic carbocycles. The Labute approximate surface area is 140 Å².